The number of carboxylic acid groups (broad SMARTS) is 1. The number of allylic oxidation sites excluding steroid dienone is 2. The summed E-state index contributed by atoms with van der Waals surface area (Å²) in [6, 6.07) is 0. The fraction of sp³-hybridized carbons (Fsp3) is 0.462. The Bertz CT molecular complexity index is 566. The van der Waals surface area contributed by atoms with E-state index >= 15 is 0 Å². The third-order valence-corrected chi connectivity index (χ3v) is 4.76. The highest BCUT2D eigenvalue weighted by molar-refractivity contribution is 7.13. The lowest BCUT2D eigenvalue weighted by Crippen LogP contribution is -2.42. The molecule has 0 unspecified atom stereocenters. The second-order valence-corrected chi connectivity index (χ2v) is 5.96. The standard InChI is InChI=1S/C13H14N2O3S/c1-6-5-19-13(14-6)15-11(16)9-7-2-3-8(4-7)10(9)12(17)18/h2-3,5,7-10H,4H2,1H3,(H,17,18)(H,14,15,16)/p-1/t7-,8+,9-,10-/m0/s1. The average molecular weight is 277 g/mol. The molecule has 5 nitrogen and oxygen atoms in total. The van der Waals surface area contributed by atoms with Crippen molar-refractivity contribution in [3.63, 3.8) is 0 Å². The predicted molar refractivity (Wildman–Crippen MR) is 68.2 cm³/mol. The van der Waals surface area contributed by atoms with Crippen LogP contribution in [-0.4, -0.2) is 16.9 Å². The molecule has 0 saturated heterocycles. The summed E-state index contributed by atoms with van der Waals surface area (Å²) in [6.45, 7) is 1.84. The van der Waals surface area contributed by atoms with E-state index < -0.39 is 17.8 Å². The van der Waals surface area contributed by atoms with Crippen molar-refractivity contribution >= 4 is 28.3 Å². The minimum absolute atomic E-state index is 0.00830. The number of fused-ring (bicyclic) bond motifs is 2. The van der Waals surface area contributed by atoms with Gasteiger partial charge in [0.1, 0.15) is 0 Å². The number of nitrogens with zero attached hydrogens (tertiary/aromatic N) is 1. The molecule has 2 aliphatic carbocycles. The van der Waals surface area contributed by atoms with Crippen LogP contribution in [0.4, 0.5) is 5.13 Å². The maximum absolute atomic E-state index is 12.3. The lowest BCUT2D eigenvalue weighted by molar-refractivity contribution is -0.313. The second-order valence-electron chi connectivity index (χ2n) is 5.10. The summed E-state index contributed by atoms with van der Waals surface area (Å²) < 4.78 is 0. The molecule has 0 spiro atoms. The maximum atomic E-state index is 12.3. The summed E-state index contributed by atoms with van der Waals surface area (Å²) in [5, 5.41) is 16.3. The molecule has 19 heavy (non-hydrogen) atoms. The third kappa shape index (κ3) is 2.06. The monoisotopic (exact) mass is 277 g/mol. The van der Waals surface area contributed by atoms with Gasteiger partial charge in [-0.2, -0.15) is 0 Å². The molecule has 6 heteroatoms. The van der Waals surface area contributed by atoms with E-state index in [0.717, 1.165) is 12.1 Å². The first-order valence-corrected chi connectivity index (χ1v) is 7.06. The Morgan fingerprint density at radius 3 is 2.63 bits per heavy atom. The molecule has 0 aliphatic heterocycles. The normalized spacial score (nSPS) is 31.6. The van der Waals surface area contributed by atoms with E-state index in [2.05, 4.69) is 10.3 Å². The van der Waals surface area contributed by atoms with Crippen LogP contribution in [0.25, 0.3) is 0 Å². The topological polar surface area (TPSA) is 82.1 Å². The number of thiazole rings is 1. The minimum atomic E-state index is -1.13. The first kappa shape index (κ1) is 12.3. The zero-order valence-corrected chi connectivity index (χ0v) is 11.1. The maximum Gasteiger partial charge on any atom is 0.230 e. The van der Waals surface area contributed by atoms with Gasteiger partial charge in [0.05, 0.1) is 11.6 Å². The van der Waals surface area contributed by atoms with E-state index in [9.17, 15) is 14.7 Å². The Morgan fingerprint density at radius 1 is 1.37 bits per heavy atom. The van der Waals surface area contributed by atoms with E-state index in [-0.39, 0.29) is 17.7 Å². The number of aromatic nitrogens is 1. The highest BCUT2D eigenvalue weighted by Crippen LogP contribution is 2.48. The SMILES string of the molecule is Cc1csc(NC(=O)[C@@H]2[C@@H](C(=O)[O-])[C@@H]3C=C[C@H]2C3)n1. The molecule has 1 heterocycles. The lowest BCUT2D eigenvalue weighted by atomic mass is 9.82. The predicted octanol–water partition coefficient (Wildman–Crippen LogP) is 0.578. The number of aliphatic carboxylic acids is 1. The van der Waals surface area contributed by atoms with E-state index in [1.165, 1.54) is 11.3 Å². The van der Waals surface area contributed by atoms with Crippen molar-refractivity contribution in [1.29, 1.82) is 0 Å². The molecule has 1 N–H and O–H groups in total. The fourth-order valence-electron chi connectivity index (χ4n) is 3.10. The molecule has 1 fully saturated rings. The molecule has 1 amide bonds. The fourth-order valence-corrected chi connectivity index (χ4v) is 3.79. The number of nitrogens with one attached hydrogen (secondary N) is 1. The number of amides is 1. The Hall–Kier alpha value is -1.69. The molecule has 0 aromatic carbocycles. The van der Waals surface area contributed by atoms with Crippen molar-refractivity contribution in [2.75, 3.05) is 5.32 Å². The minimum Gasteiger partial charge on any atom is -0.550 e. The van der Waals surface area contributed by atoms with Crippen LogP contribution in [0.1, 0.15) is 12.1 Å². The summed E-state index contributed by atoms with van der Waals surface area (Å²) in [5.74, 6) is -2.70. The number of hydrogen-bond donors (Lipinski definition) is 1. The van der Waals surface area contributed by atoms with Crippen LogP contribution < -0.4 is 10.4 Å². The number of anilines is 1. The molecule has 1 aromatic heterocycles. The van der Waals surface area contributed by atoms with Gasteiger partial charge in [0.15, 0.2) is 5.13 Å². The highest BCUT2D eigenvalue weighted by atomic mass is 32.1. The average Bonchev–Trinajstić information content (AvgIpc) is 3.03. The second kappa shape index (κ2) is 4.45. The number of hydrogen-bond acceptors (Lipinski definition) is 5. The molecule has 1 aromatic rings. The molecule has 2 aliphatic rings. The lowest BCUT2D eigenvalue weighted by Gasteiger charge is -2.27. The van der Waals surface area contributed by atoms with Crippen molar-refractivity contribution in [3.05, 3.63) is 23.2 Å². The summed E-state index contributed by atoms with van der Waals surface area (Å²) in [7, 11) is 0. The molecule has 2 bridgehead atoms. The number of carbonyl (C=O) groups excluding carboxylic acids is 2. The number of aryl methyl sites for hydroxylation is 1. The van der Waals surface area contributed by atoms with Crippen molar-refractivity contribution in [1.82, 2.24) is 4.98 Å². The largest absolute Gasteiger partial charge is 0.550 e. The number of rotatable bonds is 3. The smallest absolute Gasteiger partial charge is 0.230 e. The van der Waals surface area contributed by atoms with Gasteiger partial charge in [-0.3, -0.25) is 4.79 Å². The van der Waals surface area contributed by atoms with Crippen molar-refractivity contribution < 1.29 is 14.7 Å². The van der Waals surface area contributed by atoms with Gasteiger partial charge in [-0.25, -0.2) is 4.98 Å². The van der Waals surface area contributed by atoms with Gasteiger partial charge >= 0.3 is 0 Å². The van der Waals surface area contributed by atoms with Crippen LogP contribution in [0.15, 0.2) is 17.5 Å². The van der Waals surface area contributed by atoms with E-state index in [4.69, 9.17) is 0 Å². The Labute approximate surface area is 114 Å². The van der Waals surface area contributed by atoms with Gasteiger partial charge in [-0.15, -0.1) is 11.3 Å². The van der Waals surface area contributed by atoms with E-state index in [1.54, 1.807) is 0 Å². The first-order valence-electron chi connectivity index (χ1n) is 6.18. The van der Waals surface area contributed by atoms with Crippen molar-refractivity contribution in [3.8, 4) is 0 Å². The van der Waals surface area contributed by atoms with Crippen LogP contribution in [0.3, 0.4) is 0 Å². The summed E-state index contributed by atoms with van der Waals surface area (Å²) in [5.41, 5.74) is 0.838. The molecule has 1 saturated carbocycles. The Morgan fingerprint density at radius 2 is 2.05 bits per heavy atom. The molecule has 0 radical (unpaired) electrons. The summed E-state index contributed by atoms with van der Waals surface area (Å²) in [4.78, 5) is 27.6. The molecular formula is C13H13N2O3S-. The van der Waals surface area contributed by atoms with Gasteiger partial charge in [0.2, 0.25) is 5.91 Å². The van der Waals surface area contributed by atoms with Crippen LogP contribution >= 0.6 is 11.3 Å². The molecule has 4 atom stereocenters. The van der Waals surface area contributed by atoms with Gasteiger partial charge < -0.3 is 15.2 Å². The Balaban J connectivity index is 1.79. The molecule has 3 rings (SSSR count). The summed E-state index contributed by atoms with van der Waals surface area (Å²) >= 11 is 1.34. The highest BCUT2D eigenvalue weighted by Gasteiger charge is 2.48. The zero-order chi connectivity index (χ0) is 13.6. The quantitative estimate of drug-likeness (QED) is 0.819. The van der Waals surface area contributed by atoms with Gasteiger partial charge in [-0.1, -0.05) is 12.2 Å². The van der Waals surface area contributed by atoms with Crippen molar-refractivity contribution in [2.24, 2.45) is 23.7 Å². The van der Waals surface area contributed by atoms with Crippen LogP contribution in [0, 0.1) is 30.6 Å². The van der Waals surface area contributed by atoms with Crippen LogP contribution in [0.2, 0.25) is 0 Å². The molecular weight excluding hydrogens is 264 g/mol. The third-order valence-electron chi connectivity index (χ3n) is 3.88. The number of carboxylic acids is 1. The van der Waals surface area contributed by atoms with Gasteiger partial charge in [0.25, 0.3) is 0 Å². The van der Waals surface area contributed by atoms with E-state index in [0.29, 0.717) is 5.13 Å². The van der Waals surface area contributed by atoms with Crippen LogP contribution in [0.5, 0.6) is 0 Å². The van der Waals surface area contributed by atoms with Crippen LogP contribution in [-0.2, 0) is 9.59 Å². The summed E-state index contributed by atoms with van der Waals surface area (Å²) in [6.07, 6.45) is 4.57. The first-order chi connectivity index (χ1) is 9.06. The van der Waals surface area contributed by atoms with Gasteiger partial charge in [-0.05, 0) is 25.2 Å². The zero-order valence-electron chi connectivity index (χ0n) is 10.3. The Kier molecular flexibility index (Phi) is 2.89. The molecule has 100 valence electrons. The van der Waals surface area contributed by atoms with Gasteiger partial charge in [0, 0.05) is 17.3 Å². The number of carbonyl (C=O) groups is 2. The van der Waals surface area contributed by atoms with E-state index in [1.807, 2.05) is 24.5 Å². The van der Waals surface area contributed by atoms with Crippen molar-refractivity contribution in [2.45, 2.75) is 13.3 Å².